The van der Waals surface area contributed by atoms with Crippen molar-refractivity contribution in [1.29, 1.82) is 0 Å². The first-order valence-corrected chi connectivity index (χ1v) is 9.86. The summed E-state index contributed by atoms with van der Waals surface area (Å²) in [6.07, 6.45) is 2.42. The number of halogens is 3. The van der Waals surface area contributed by atoms with Gasteiger partial charge in [0.25, 0.3) is 0 Å². The lowest BCUT2D eigenvalue weighted by Gasteiger charge is -2.18. The van der Waals surface area contributed by atoms with Crippen molar-refractivity contribution in [2.75, 3.05) is 12.0 Å². The molecule has 3 nitrogen and oxygen atoms in total. The quantitative estimate of drug-likeness (QED) is 0.508. The largest absolute Gasteiger partial charge is 0.324 e. The molecule has 0 saturated heterocycles. The van der Waals surface area contributed by atoms with Crippen LogP contribution >= 0.6 is 34.2 Å². The van der Waals surface area contributed by atoms with E-state index < -0.39 is 10.8 Å². The molecule has 2 aromatic rings. The summed E-state index contributed by atoms with van der Waals surface area (Å²) in [5.41, 5.74) is 1.48. The number of benzene rings is 1. The van der Waals surface area contributed by atoms with Crippen molar-refractivity contribution in [2.24, 2.45) is 0 Å². The highest BCUT2D eigenvalue weighted by Gasteiger charge is 2.20. The molecule has 116 valence electrons. The predicted molar refractivity (Wildman–Crippen MR) is 94.9 cm³/mol. The van der Waals surface area contributed by atoms with Gasteiger partial charge in [0, 0.05) is 34.9 Å². The monoisotopic (exact) mass is 442 g/mol. The van der Waals surface area contributed by atoms with Gasteiger partial charge in [-0.25, -0.2) is 9.37 Å². The van der Waals surface area contributed by atoms with E-state index >= 15 is 0 Å². The number of nitrogens with zero attached hydrogens (tertiary/aromatic N) is 2. The summed E-state index contributed by atoms with van der Waals surface area (Å²) >= 11 is 8.18. The Balaban J connectivity index is 2.55. The van der Waals surface area contributed by atoms with Crippen LogP contribution in [0.4, 0.5) is 4.39 Å². The zero-order chi connectivity index (χ0) is 15.7. The minimum atomic E-state index is -0.849. The van der Waals surface area contributed by atoms with Crippen LogP contribution in [0.2, 0.25) is 0 Å². The summed E-state index contributed by atoms with van der Waals surface area (Å²) in [4.78, 5) is 4.55. The number of fused-ring (bicyclic) bond motifs is 1. The third-order valence-electron chi connectivity index (χ3n) is 3.38. The molecule has 7 heteroatoms. The molecule has 3 unspecified atom stereocenters. The van der Waals surface area contributed by atoms with Crippen LogP contribution in [0.3, 0.4) is 0 Å². The molecule has 0 spiro atoms. The molecular formula is C14H17ClFIN2OS. The molecule has 0 aliphatic heterocycles. The fourth-order valence-electron chi connectivity index (χ4n) is 2.32. The van der Waals surface area contributed by atoms with Crippen molar-refractivity contribution in [3.8, 4) is 0 Å². The Morgan fingerprint density at radius 1 is 1.48 bits per heavy atom. The van der Waals surface area contributed by atoms with Crippen molar-refractivity contribution < 1.29 is 8.60 Å². The first kappa shape index (κ1) is 17.1. The van der Waals surface area contributed by atoms with Gasteiger partial charge in [0.1, 0.15) is 11.6 Å². The van der Waals surface area contributed by atoms with E-state index in [9.17, 15) is 8.60 Å². The predicted octanol–water partition coefficient (Wildman–Crippen LogP) is 4.41. The van der Waals surface area contributed by atoms with Crippen LogP contribution in [0.15, 0.2) is 12.1 Å². The molecule has 0 saturated carbocycles. The van der Waals surface area contributed by atoms with Gasteiger partial charge < -0.3 is 4.57 Å². The molecule has 3 atom stereocenters. The summed E-state index contributed by atoms with van der Waals surface area (Å²) in [6.45, 7) is 3.87. The van der Waals surface area contributed by atoms with E-state index in [0.29, 0.717) is 9.32 Å². The maximum absolute atomic E-state index is 13.9. The van der Waals surface area contributed by atoms with E-state index in [0.717, 1.165) is 23.3 Å². The summed E-state index contributed by atoms with van der Waals surface area (Å²) < 4.78 is 27.7. The van der Waals surface area contributed by atoms with Crippen LogP contribution in [0.5, 0.6) is 0 Å². The SMILES string of the molecule is CC(Cl)c1nc2cc(I)c(F)cc2n1C(C)CCS(C)=O. The number of aromatic nitrogens is 2. The minimum absolute atomic E-state index is 0.0644. The maximum Gasteiger partial charge on any atom is 0.138 e. The standard InChI is InChI=1S/C14H17ClFIN2OS/c1-8(4-5-21(3)20)19-13-6-10(16)11(17)7-12(13)18-14(19)9(2)15/h6-9H,4-5H2,1-3H3. The van der Waals surface area contributed by atoms with Crippen molar-refractivity contribution in [3.63, 3.8) is 0 Å². The van der Waals surface area contributed by atoms with Crippen LogP contribution < -0.4 is 0 Å². The van der Waals surface area contributed by atoms with Gasteiger partial charge in [-0.3, -0.25) is 4.21 Å². The lowest BCUT2D eigenvalue weighted by molar-refractivity contribution is 0.522. The second-order valence-electron chi connectivity index (χ2n) is 5.13. The fraction of sp³-hybridized carbons (Fsp3) is 0.500. The Morgan fingerprint density at radius 3 is 2.71 bits per heavy atom. The van der Waals surface area contributed by atoms with Gasteiger partial charge >= 0.3 is 0 Å². The van der Waals surface area contributed by atoms with E-state index in [1.807, 2.05) is 41.0 Å². The molecule has 0 aliphatic carbocycles. The van der Waals surface area contributed by atoms with Gasteiger partial charge in [-0.2, -0.15) is 0 Å². The third-order valence-corrected chi connectivity index (χ3v) is 5.21. The van der Waals surface area contributed by atoms with Crippen molar-refractivity contribution in [3.05, 3.63) is 27.3 Å². The molecule has 21 heavy (non-hydrogen) atoms. The molecule has 0 fully saturated rings. The maximum atomic E-state index is 13.9. The number of hydrogen-bond donors (Lipinski definition) is 0. The Labute approximate surface area is 144 Å². The molecule has 0 radical (unpaired) electrons. The minimum Gasteiger partial charge on any atom is -0.324 e. The first-order valence-electron chi connectivity index (χ1n) is 6.62. The molecule has 0 N–H and O–H groups in total. The Morgan fingerprint density at radius 2 is 2.14 bits per heavy atom. The number of hydrogen-bond acceptors (Lipinski definition) is 2. The summed E-state index contributed by atoms with van der Waals surface area (Å²) in [5.74, 6) is 1.07. The second kappa shape index (κ2) is 6.91. The lowest BCUT2D eigenvalue weighted by atomic mass is 10.2. The van der Waals surface area contributed by atoms with E-state index in [2.05, 4.69) is 4.98 Å². The molecule has 0 aliphatic rings. The van der Waals surface area contributed by atoms with Crippen molar-refractivity contribution in [2.45, 2.75) is 31.7 Å². The van der Waals surface area contributed by atoms with E-state index in [4.69, 9.17) is 11.6 Å². The zero-order valence-corrected chi connectivity index (χ0v) is 15.8. The van der Waals surface area contributed by atoms with E-state index in [1.165, 1.54) is 6.07 Å². The Hall–Kier alpha value is -0.210. The average Bonchev–Trinajstić information content (AvgIpc) is 2.75. The smallest absolute Gasteiger partial charge is 0.138 e. The molecule has 0 amide bonds. The van der Waals surface area contributed by atoms with Crippen LogP contribution in [0.1, 0.15) is 37.5 Å². The van der Waals surface area contributed by atoms with Gasteiger partial charge in [0.05, 0.1) is 20.0 Å². The Kier molecular flexibility index (Phi) is 5.65. The van der Waals surface area contributed by atoms with E-state index in [1.54, 1.807) is 12.3 Å². The highest BCUT2D eigenvalue weighted by Crippen LogP contribution is 2.31. The molecule has 1 heterocycles. The van der Waals surface area contributed by atoms with Crippen LogP contribution in [0.25, 0.3) is 11.0 Å². The van der Waals surface area contributed by atoms with Gasteiger partial charge in [-0.1, -0.05) is 0 Å². The fourth-order valence-corrected chi connectivity index (χ4v) is 3.60. The summed E-state index contributed by atoms with van der Waals surface area (Å²) in [6, 6.07) is 3.30. The van der Waals surface area contributed by atoms with E-state index in [-0.39, 0.29) is 17.2 Å². The summed E-state index contributed by atoms with van der Waals surface area (Å²) in [7, 11) is -0.849. The average molecular weight is 443 g/mol. The molecule has 1 aromatic carbocycles. The molecular weight excluding hydrogens is 426 g/mol. The molecule has 1 aromatic heterocycles. The third kappa shape index (κ3) is 3.76. The first-order chi connectivity index (χ1) is 9.81. The van der Waals surface area contributed by atoms with Gasteiger partial charge in [0.15, 0.2) is 0 Å². The Bertz CT molecular complexity index is 689. The molecule has 2 rings (SSSR count). The molecule has 0 bridgehead atoms. The number of imidazole rings is 1. The lowest BCUT2D eigenvalue weighted by Crippen LogP contribution is -2.12. The normalized spacial score (nSPS) is 16.1. The van der Waals surface area contributed by atoms with Crippen LogP contribution in [0, 0.1) is 9.39 Å². The second-order valence-corrected chi connectivity index (χ2v) is 8.50. The number of alkyl halides is 1. The van der Waals surface area contributed by atoms with Crippen LogP contribution in [-0.2, 0) is 10.8 Å². The van der Waals surface area contributed by atoms with Crippen molar-refractivity contribution in [1.82, 2.24) is 9.55 Å². The summed E-state index contributed by atoms with van der Waals surface area (Å²) in [5, 5.41) is -0.271. The zero-order valence-electron chi connectivity index (χ0n) is 12.1. The van der Waals surface area contributed by atoms with Crippen molar-refractivity contribution >= 4 is 56.0 Å². The topological polar surface area (TPSA) is 34.9 Å². The highest BCUT2D eigenvalue weighted by molar-refractivity contribution is 14.1. The van der Waals surface area contributed by atoms with Gasteiger partial charge in [-0.05, 0) is 48.9 Å². The van der Waals surface area contributed by atoms with Gasteiger partial charge in [0.2, 0.25) is 0 Å². The number of rotatable bonds is 5. The highest BCUT2D eigenvalue weighted by atomic mass is 127. The van der Waals surface area contributed by atoms with Crippen LogP contribution in [-0.4, -0.2) is 25.8 Å². The van der Waals surface area contributed by atoms with Gasteiger partial charge in [-0.15, -0.1) is 11.6 Å².